The van der Waals surface area contributed by atoms with Crippen LogP contribution in [0.3, 0.4) is 0 Å². The lowest BCUT2D eigenvalue weighted by molar-refractivity contribution is 0.160. The molecule has 1 aliphatic rings. The second-order valence-electron chi connectivity index (χ2n) is 6.93. The Morgan fingerprint density at radius 1 is 1.04 bits per heavy atom. The minimum absolute atomic E-state index is 0.446. The number of benzene rings is 2. The first kappa shape index (κ1) is 18.2. The second kappa shape index (κ2) is 9.21. The van der Waals surface area contributed by atoms with Crippen LogP contribution in [0.2, 0.25) is 0 Å². The minimum atomic E-state index is 0.446. The summed E-state index contributed by atoms with van der Waals surface area (Å²) in [7, 11) is 0. The predicted molar refractivity (Wildman–Crippen MR) is 106 cm³/mol. The molecule has 1 atom stereocenters. The first-order valence-corrected chi connectivity index (χ1v) is 9.94. The monoisotopic (exact) mass is 340 g/mol. The zero-order valence-corrected chi connectivity index (χ0v) is 15.8. The van der Waals surface area contributed by atoms with Crippen molar-refractivity contribution in [1.82, 2.24) is 10.2 Å². The van der Waals surface area contributed by atoms with Crippen molar-refractivity contribution in [2.75, 3.05) is 32.8 Å². The van der Waals surface area contributed by atoms with E-state index in [0.29, 0.717) is 12.6 Å². The maximum Gasteiger partial charge on any atom is 0.124 e. The highest BCUT2D eigenvalue weighted by molar-refractivity contribution is 5.88. The van der Waals surface area contributed by atoms with Crippen LogP contribution >= 0.6 is 0 Å². The molecular formula is C22H32N2O. The molecule has 0 radical (unpaired) electrons. The van der Waals surface area contributed by atoms with Crippen molar-refractivity contribution < 1.29 is 4.74 Å². The van der Waals surface area contributed by atoms with Crippen molar-refractivity contribution >= 4 is 10.8 Å². The summed E-state index contributed by atoms with van der Waals surface area (Å²) in [6.45, 7) is 9.48. The highest BCUT2D eigenvalue weighted by Gasteiger charge is 2.26. The van der Waals surface area contributed by atoms with Crippen LogP contribution in [0.15, 0.2) is 36.4 Å². The molecule has 0 amide bonds. The summed E-state index contributed by atoms with van der Waals surface area (Å²) in [5.41, 5.74) is 1.40. The van der Waals surface area contributed by atoms with Crippen molar-refractivity contribution in [2.24, 2.45) is 0 Å². The Morgan fingerprint density at radius 2 is 1.84 bits per heavy atom. The molecule has 0 aromatic heterocycles. The topological polar surface area (TPSA) is 24.5 Å². The lowest BCUT2D eigenvalue weighted by Crippen LogP contribution is -2.45. The maximum absolute atomic E-state index is 6.08. The molecule has 0 unspecified atom stereocenters. The lowest BCUT2D eigenvalue weighted by Gasteiger charge is -2.36. The molecule has 1 saturated heterocycles. The Labute approximate surface area is 152 Å². The van der Waals surface area contributed by atoms with Gasteiger partial charge in [-0.1, -0.05) is 56.5 Å². The third-order valence-corrected chi connectivity index (χ3v) is 5.24. The van der Waals surface area contributed by atoms with Crippen molar-refractivity contribution in [1.29, 1.82) is 0 Å². The van der Waals surface area contributed by atoms with Gasteiger partial charge in [0.15, 0.2) is 0 Å². The van der Waals surface area contributed by atoms with Crippen LogP contribution in [-0.2, 0) is 0 Å². The number of nitrogens with zero attached hydrogens (tertiary/aromatic N) is 1. The van der Waals surface area contributed by atoms with Gasteiger partial charge < -0.3 is 10.1 Å². The molecule has 1 aliphatic heterocycles. The Morgan fingerprint density at radius 3 is 2.60 bits per heavy atom. The number of hydrogen-bond acceptors (Lipinski definition) is 3. The fourth-order valence-corrected chi connectivity index (χ4v) is 3.99. The van der Waals surface area contributed by atoms with Gasteiger partial charge in [-0.3, -0.25) is 4.90 Å². The quantitative estimate of drug-likeness (QED) is 0.701. The number of fused-ring (bicyclic) bond motifs is 1. The van der Waals surface area contributed by atoms with Crippen molar-refractivity contribution in [2.45, 2.75) is 45.6 Å². The first-order valence-electron chi connectivity index (χ1n) is 9.94. The number of unbranched alkanes of at least 4 members (excludes halogenated alkanes) is 2. The van der Waals surface area contributed by atoms with Gasteiger partial charge in [-0.05, 0) is 30.2 Å². The molecular weight excluding hydrogens is 308 g/mol. The van der Waals surface area contributed by atoms with Crippen molar-refractivity contribution in [3.63, 3.8) is 0 Å². The van der Waals surface area contributed by atoms with Crippen LogP contribution in [-0.4, -0.2) is 37.7 Å². The van der Waals surface area contributed by atoms with Crippen LogP contribution in [0.5, 0.6) is 5.75 Å². The molecule has 25 heavy (non-hydrogen) atoms. The van der Waals surface area contributed by atoms with Crippen LogP contribution in [0.25, 0.3) is 10.8 Å². The lowest BCUT2D eigenvalue weighted by atomic mass is 9.92. The van der Waals surface area contributed by atoms with E-state index in [1.165, 1.54) is 42.0 Å². The third kappa shape index (κ3) is 4.34. The van der Waals surface area contributed by atoms with Crippen LogP contribution in [0.1, 0.15) is 51.1 Å². The predicted octanol–water partition coefficient (Wildman–Crippen LogP) is 4.77. The van der Waals surface area contributed by atoms with E-state index in [1.54, 1.807) is 0 Å². The Hall–Kier alpha value is -1.58. The molecule has 0 aliphatic carbocycles. The molecule has 1 N–H and O–H groups in total. The van der Waals surface area contributed by atoms with Gasteiger partial charge in [0.25, 0.3) is 0 Å². The summed E-state index contributed by atoms with van der Waals surface area (Å²) >= 11 is 0. The maximum atomic E-state index is 6.08. The molecule has 0 spiro atoms. The molecule has 1 fully saturated rings. The second-order valence-corrected chi connectivity index (χ2v) is 6.93. The van der Waals surface area contributed by atoms with Crippen molar-refractivity contribution in [3.8, 4) is 5.75 Å². The molecule has 136 valence electrons. The fourth-order valence-electron chi connectivity index (χ4n) is 3.99. The average Bonchev–Trinajstić information content (AvgIpc) is 2.67. The fraction of sp³-hybridized carbons (Fsp3) is 0.545. The summed E-state index contributed by atoms with van der Waals surface area (Å²) in [6, 6.07) is 13.6. The molecule has 0 bridgehead atoms. The van der Waals surface area contributed by atoms with Crippen LogP contribution in [0, 0.1) is 0 Å². The Balaban J connectivity index is 2.03. The van der Waals surface area contributed by atoms with Crippen LogP contribution in [0.4, 0.5) is 0 Å². The van der Waals surface area contributed by atoms with E-state index in [9.17, 15) is 0 Å². The van der Waals surface area contributed by atoms with Gasteiger partial charge in [-0.15, -0.1) is 0 Å². The minimum Gasteiger partial charge on any atom is -0.494 e. The summed E-state index contributed by atoms with van der Waals surface area (Å²) < 4.78 is 6.08. The third-order valence-electron chi connectivity index (χ3n) is 5.24. The van der Waals surface area contributed by atoms with Crippen molar-refractivity contribution in [3.05, 3.63) is 42.0 Å². The number of nitrogens with one attached hydrogen (secondary N) is 1. The van der Waals surface area contributed by atoms with E-state index in [0.717, 1.165) is 31.9 Å². The van der Waals surface area contributed by atoms with E-state index < -0.39 is 0 Å². The van der Waals surface area contributed by atoms with Gasteiger partial charge in [0.05, 0.1) is 6.61 Å². The van der Waals surface area contributed by atoms with E-state index in [1.807, 2.05) is 0 Å². The van der Waals surface area contributed by atoms with E-state index in [4.69, 9.17) is 4.74 Å². The standard InChI is InChI=1S/C22H32N2O/c1-3-5-6-11-20(24-16-14-23-15-17-24)22-19-10-8-7-9-18(19)12-13-21(22)25-4-2/h7-10,12-13,20,23H,3-6,11,14-17H2,1-2H3/t20-/m1/s1. The highest BCUT2D eigenvalue weighted by atomic mass is 16.5. The largest absolute Gasteiger partial charge is 0.494 e. The van der Waals surface area contributed by atoms with Crippen LogP contribution < -0.4 is 10.1 Å². The number of piperazine rings is 1. The Bertz CT molecular complexity index is 664. The zero-order chi connectivity index (χ0) is 17.5. The van der Waals surface area contributed by atoms with Gasteiger partial charge >= 0.3 is 0 Å². The summed E-state index contributed by atoms with van der Waals surface area (Å²) in [5.74, 6) is 1.07. The van der Waals surface area contributed by atoms with Gasteiger partial charge in [0.2, 0.25) is 0 Å². The Kier molecular flexibility index (Phi) is 6.71. The molecule has 2 aromatic rings. The molecule has 2 aromatic carbocycles. The zero-order valence-electron chi connectivity index (χ0n) is 15.8. The highest BCUT2D eigenvalue weighted by Crippen LogP contribution is 2.39. The van der Waals surface area contributed by atoms with Gasteiger partial charge in [0.1, 0.15) is 5.75 Å². The number of rotatable bonds is 8. The number of ether oxygens (including phenoxy) is 1. The SMILES string of the molecule is CCCCC[C@H](c1c(OCC)ccc2ccccc12)N1CCNCC1. The van der Waals surface area contributed by atoms with E-state index in [2.05, 4.69) is 60.5 Å². The smallest absolute Gasteiger partial charge is 0.124 e. The van der Waals surface area contributed by atoms with E-state index in [-0.39, 0.29) is 0 Å². The molecule has 3 heteroatoms. The normalized spacial score (nSPS) is 16.9. The summed E-state index contributed by atoms with van der Waals surface area (Å²) in [5, 5.41) is 6.16. The molecule has 1 heterocycles. The molecule has 3 rings (SSSR count). The summed E-state index contributed by atoms with van der Waals surface area (Å²) in [6.07, 6.45) is 5.06. The summed E-state index contributed by atoms with van der Waals surface area (Å²) in [4.78, 5) is 2.66. The molecule has 3 nitrogen and oxygen atoms in total. The van der Waals surface area contributed by atoms with Gasteiger partial charge in [-0.2, -0.15) is 0 Å². The average molecular weight is 341 g/mol. The van der Waals surface area contributed by atoms with Gasteiger partial charge in [-0.25, -0.2) is 0 Å². The first-order chi connectivity index (χ1) is 12.3. The van der Waals surface area contributed by atoms with E-state index >= 15 is 0 Å². The van der Waals surface area contributed by atoms with Gasteiger partial charge in [0, 0.05) is 37.8 Å². The number of hydrogen-bond donors (Lipinski definition) is 1. The molecule has 0 saturated carbocycles.